The molecule has 0 aliphatic carbocycles. The van der Waals surface area contributed by atoms with E-state index >= 15 is 0 Å². The number of hydrogen-bond acceptors (Lipinski definition) is 3. The van der Waals surface area contributed by atoms with E-state index < -0.39 is 11.8 Å². The Morgan fingerprint density at radius 2 is 2.15 bits per heavy atom. The van der Waals surface area contributed by atoms with E-state index in [0.717, 1.165) is 35.1 Å². The van der Waals surface area contributed by atoms with E-state index in [9.17, 15) is 9.18 Å². The standard InChI is InChI=1S/C21H19FN2O2/c22-16-9-12(6-7-13(16)17-5-2-8-23-17)21-15-10-26-11-19(25)14-3-1-4-18(24-21)20(14)15/h1,3-4,6-7,9,17,23-24H,2,5,8,10-11H2/t17-/m1/s1/i17D. The van der Waals surface area contributed by atoms with Gasteiger partial charge in [0.15, 0.2) is 5.78 Å². The van der Waals surface area contributed by atoms with E-state index in [2.05, 4.69) is 10.3 Å². The second-order valence-electron chi connectivity index (χ2n) is 6.83. The highest BCUT2D eigenvalue weighted by Gasteiger charge is 2.24. The van der Waals surface area contributed by atoms with Crippen molar-refractivity contribution in [3.63, 3.8) is 0 Å². The Morgan fingerprint density at radius 3 is 2.96 bits per heavy atom. The molecule has 0 amide bonds. The Balaban J connectivity index is 1.66. The molecule has 4 nitrogen and oxygen atoms in total. The van der Waals surface area contributed by atoms with Gasteiger partial charge in [0.2, 0.25) is 0 Å². The van der Waals surface area contributed by atoms with Gasteiger partial charge in [0.05, 0.1) is 13.7 Å². The van der Waals surface area contributed by atoms with E-state index in [0.29, 0.717) is 29.7 Å². The van der Waals surface area contributed by atoms with Crippen LogP contribution in [-0.2, 0) is 11.3 Å². The molecular formula is C21H19FN2O2. The minimum atomic E-state index is -1.06. The van der Waals surface area contributed by atoms with E-state index in [-0.39, 0.29) is 12.4 Å². The topological polar surface area (TPSA) is 54.1 Å². The van der Waals surface area contributed by atoms with E-state index in [1.165, 1.54) is 6.07 Å². The Labute approximate surface area is 151 Å². The zero-order valence-corrected chi connectivity index (χ0v) is 14.2. The number of hydrogen-bond donors (Lipinski definition) is 2. The lowest BCUT2D eigenvalue weighted by atomic mass is 9.98. The molecule has 132 valence electrons. The minimum Gasteiger partial charge on any atom is -0.369 e. The molecule has 3 heterocycles. The predicted molar refractivity (Wildman–Crippen MR) is 97.7 cm³/mol. The maximum absolute atomic E-state index is 14.9. The number of benzene rings is 2. The summed E-state index contributed by atoms with van der Waals surface area (Å²) in [6.45, 7) is 1.07. The fraction of sp³-hybridized carbons (Fsp3) is 0.286. The molecule has 1 atom stereocenters. The summed E-state index contributed by atoms with van der Waals surface area (Å²) in [4.78, 5) is 15.6. The van der Waals surface area contributed by atoms with Crippen LogP contribution in [0, 0.1) is 5.82 Å². The van der Waals surface area contributed by atoms with Gasteiger partial charge in [-0.1, -0.05) is 24.3 Å². The molecule has 1 saturated heterocycles. The molecule has 0 spiro atoms. The molecule has 5 rings (SSSR count). The van der Waals surface area contributed by atoms with Crippen LogP contribution in [0.2, 0.25) is 0 Å². The van der Waals surface area contributed by atoms with Gasteiger partial charge in [0.1, 0.15) is 12.4 Å². The summed E-state index contributed by atoms with van der Waals surface area (Å²) >= 11 is 0. The number of aromatic amines is 1. The highest BCUT2D eigenvalue weighted by Crippen LogP contribution is 2.36. The second-order valence-corrected chi connectivity index (χ2v) is 6.83. The lowest BCUT2D eigenvalue weighted by molar-refractivity contribution is 0.0742. The molecular weight excluding hydrogens is 331 g/mol. The molecule has 1 aromatic heterocycles. The lowest BCUT2D eigenvalue weighted by Crippen LogP contribution is -2.14. The van der Waals surface area contributed by atoms with E-state index in [1.807, 2.05) is 18.2 Å². The van der Waals surface area contributed by atoms with Crippen LogP contribution in [0.5, 0.6) is 0 Å². The van der Waals surface area contributed by atoms with Gasteiger partial charge in [-0.15, -0.1) is 0 Å². The summed E-state index contributed by atoms with van der Waals surface area (Å²) in [5.74, 6) is -0.441. The fourth-order valence-electron chi connectivity index (χ4n) is 4.00. The van der Waals surface area contributed by atoms with Gasteiger partial charge in [-0.25, -0.2) is 4.39 Å². The van der Waals surface area contributed by atoms with Gasteiger partial charge < -0.3 is 15.0 Å². The summed E-state index contributed by atoms with van der Waals surface area (Å²) in [5, 5.41) is 3.94. The van der Waals surface area contributed by atoms with Crippen LogP contribution in [0.4, 0.5) is 4.39 Å². The summed E-state index contributed by atoms with van der Waals surface area (Å²) in [5.41, 5.74) is 4.18. The van der Waals surface area contributed by atoms with Crippen molar-refractivity contribution < 1.29 is 15.3 Å². The molecule has 26 heavy (non-hydrogen) atoms. The van der Waals surface area contributed by atoms with Gasteiger partial charge in [-0.3, -0.25) is 4.79 Å². The Hall–Kier alpha value is -2.50. The molecule has 2 aromatic carbocycles. The van der Waals surface area contributed by atoms with Crippen molar-refractivity contribution in [3.05, 3.63) is 58.9 Å². The van der Waals surface area contributed by atoms with Crippen LogP contribution in [0.25, 0.3) is 22.2 Å². The number of halogens is 1. The van der Waals surface area contributed by atoms with Crippen molar-refractivity contribution in [1.29, 1.82) is 0 Å². The Bertz CT molecular complexity index is 1070. The first-order chi connectivity index (χ1) is 13.1. The SMILES string of the molecule is [2H][C@]1(c2ccc(-c3[nH]c4cccc5c4c3COCC5=O)cc2F)CCCN1. The largest absolute Gasteiger partial charge is 0.369 e. The number of carbonyl (C=O) groups is 1. The third-order valence-corrected chi connectivity index (χ3v) is 5.23. The van der Waals surface area contributed by atoms with Crippen molar-refractivity contribution in [1.82, 2.24) is 10.3 Å². The van der Waals surface area contributed by atoms with Crippen LogP contribution in [0.15, 0.2) is 36.4 Å². The number of H-pyrrole nitrogens is 1. The maximum Gasteiger partial charge on any atom is 0.189 e. The number of nitrogens with one attached hydrogen (secondary N) is 2. The summed E-state index contributed by atoms with van der Waals surface area (Å²) < 4.78 is 28.9. The van der Waals surface area contributed by atoms with Crippen molar-refractivity contribution in [2.24, 2.45) is 0 Å². The highest BCUT2D eigenvalue weighted by atomic mass is 19.1. The zero-order chi connectivity index (χ0) is 18.6. The smallest absolute Gasteiger partial charge is 0.189 e. The number of carbonyl (C=O) groups excluding carboxylic acids is 1. The monoisotopic (exact) mass is 351 g/mol. The number of aromatic nitrogens is 1. The van der Waals surface area contributed by atoms with Crippen molar-refractivity contribution >= 4 is 16.7 Å². The van der Waals surface area contributed by atoms with E-state index in [1.54, 1.807) is 12.1 Å². The van der Waals surface area contributed by atoms with Crippen LogP contribution in [-0.4, -0.2) is 23.9 Å². The van der Waals surface area contributed by atoms with Gasteiger partial charge in [-0.2, -0.15) is 0 Å². The number of ketones is 1. The molecule has 0 unspecified atom stereocenters. The molecule has 1 fully saturated rings. The Morgan fingerprint density at radius 1 is 1.23 bits per heavy atom. The van der Waals surface area contributed by atoms with Crippen LogP contribution >= 0.6 is 0 Å². The molecule has 2 aliphatic heterocycles. The van der Waals surface area contributed by atoms with Crippen LogP contribution in [0.3, 0.4) is 0 Å². The number of Topliss-reactive ketones (excluding diaryl/α,β-unsaturated/α-hetero) is 1. The Kier molecular flexibility index (Phi) is 3.40. The first kappa shape index (κ1) is 14.6. The third-order valence-electron chi connectivity index (χ3n) is 5.23. The second kappa shape index (κ2) is 6.04. The third kappa shape index (κ3) is 2.39. The molecule has 0 bridgehead atoms. The quantitative estimate of drug-likeness (QED) is 0.730. The van der Waals surface area contributed by atoms with Crippen molar-refractivity contribution in [2.45, 2.75) is 25.5 Å². The maximum atomic E-state index is 14.9. The van der Waals surface area contributed by atoms with Gasteiger partial charge in [0, 0.05) is 39.2 Å². The predicted octanol–water partition coefficient (Wildman–Crippen LogP) is 4.11. The van der Waals surface area contributed by atoms with E-state index in [4.69, 9.17) is 6.11 Å². The molecule has 5 heteroatoms. The minimum absolute atomic E-state index is 0.0464. The van der Waals surface area contributed by atoms with Gasteiger partial charge >= 0.3 is 0 Å². The first-order valence-electron chi connectivity index (χ1n) is 9.37. The molecule has 2 aliphatic rings. The summed E-state index contributed by atoms with van der Waals surface area (Å²) in [7, 11) is 0. The van der Waals surface area contributed by atoms with Crippen LogP contribution < -0.4 is 5.32 Å². The number of ether oxygens (including phenoxy) is 1. The van der Waals surface area contributed by atoms with Crippen LogP contribution in [0.1, 0.15) is 41.7 Å². The normalized spacial score (nSPS) is 23.3. The fourth-order valence-corrected chi connectivity index (χ4v) is 4.00. The summed E-state index contributed by atoms with van der Waals surface area (Å²) in [6, 6.07) is 9.50. The average Bonchev–Trinajstić information content (AvgIpc) is 3.21. The summed E-state index contributed by atoms with van der Waals surface area (Å²) in [6.07, 6.45) is 1.46. The van der Waals surface area contributed by atoms with Gasteiger partial charge in [-0.05, 0) is 31.5 Å². The first-order valence-corrected chi connectivity index (χ1v) is 8.87. The molecule has 0 radical (unpaired) electrons. The number of rotatable bonds is 2. The molecule has 2 N–H and O–H groups in total. The lowest BCUT2D eigenvalue weighted by Gasteiger charge is -2.13. The molecule has 0 saturated carbocycles. The van der Waals surface area contributed by atoms with Crippen molar-refractivity contribution in [2.75, 3.05) is 13.2 Å². The molecule has 3 aromatic rings. The van der Waals surface area contributed by atoms with Crippen molar-refractivity contribution in [3.8, 4) is 11.3 Å². The highest BCUT2D eigenvalue weighted by molar-refractivity contribution is 6.11. The average molecular weight is 351 g/mol. The zero-order valence-electron chi connectivity index (χ0n) is 15.2. The van der Waals surface area contributed by atoms with Gasteiger partial charge in [0.25, 0.3) is 0 Å².